The molecule has 0 aliphatic carbocycles. The highest BCUT2D eigenvalue weighted by molar-refractivity contribution is 5.75. The van der Waals surface area contributed by atoms with Crippen molar-refractivity contribution in [3.8, 4) is 11.5 Å². The lowest BCUT2D eigenvalue weighted by Crippen LogP contribution is -1.86. The number of carbonyl (C=O) groups excluding carboxylic acids is 2. The van der Waals surface area contributed by atoms with Crippen LogP contribution in [0.3, 0.4) is 0 Å². The van der Waals surface area contributed by atoms with E-state index in [1.54, 1.807) is 48.5 Å². The van der Waals surface area contributed by atoms with Gasteiger partial charge >= 0.3 is 0 Å². The van der Waals surface area contributed by atoms with Gasteiger partial charge in [0.2, 0.25) is 0 Å². The Hall–Kier alpha value is -2.42. The summed E-state index contributed by atoms with van der Waals surface area (Å²) in [5.74, 6) is 1.30. The summed E-state index contributed by atoms with van der Waals surface area (Å²) in [6.07, 6.45) is 1.56. The lowest BCUT2D eigenvalue weighted by Gasteiger charge is -2.05. The van der Waals surface area contributed by atoms with Crippen LogP contribution in [0.25, 0.3) is 0 Å². The van der Waals surface area contributed by atoms with Gasteiger partial charge in [-0.15, -0.1) is 0 Å². The molecule has 0 radical (unpaired) electrons. The lowest BCUT2D eigenvalue weighted by atomic mass is 10.2. The fourth-order valence-electron chi connectivity index (χ4n) is 1.36. The van der Waals surface area contributed by atoms with Gasteiger partial charge < -0.3 is 4.74 Å². The Balaban J connectivity index is 0.000000861. The highest BCUT2D eigenvalue weighted by Gasteiger charge is 1.98. The number of rotatable bonds is 4. The molecule has 98 valence electrons. The first-order chi connectivity index (χ1) is 9.31. The topological polar surface area (TPSA) is 43.4 Å². The molecule has 0 amide bonds. The van der Waals surface area contributed by atoms with Crippen LogP contribution in [0.2, 0.25) is 0 Å². The molecule has 3 nitrogen and oxygen atoms in total. The number of hydrogen-bond acceptors (Lipinski definition) is 3. The summed E-state index contributed by atoms with van der Waals surface area (Å²) in [5.41, 5.74) is 1.21. The Morgan fingerprint density at radius 1 is 0.684 bits per heavy atom. The molecule has 2 aromatic rings. The molecule has 19 heavy (non-hydrogen) atoms. The number of carbonyl (C=O) groups is 2. The van der Waals surface area contributed by atoms with Gasteiger partial charge in [0.05, 0.1) is 0 Å². The van der Waals surface area contributed by atoms with Crippen LogP contribution >= 0.6 is 0 Å². The van der Waals surface area contributed by atoms with Gasteiger partial charge in [0, 0.05) is 11.1 Å². The van der Waals surface area contributed by atoms with Gasteiger partial charge in [-0.2, -0.15) is 0 Å². The Bertz CT molecular complexity index is 463. The van der Waals surface area contributed by atoms with Crippen LogP contribution in [-0.2, 0) is 0 Å². The minimum atomic E-state index is 0.605. The normalized spacial score (nSPS) is 8.95. The summed E-state index contributed by atoms with van der Waals surface area (Å²) >= 11 is 0. The van der Waals surface area contributed by atoms with Crippen molar-refractivity contribution in [2.24, 2.45) is 0 Å². The van der Waals surface area contributed by atoms with Gasteiger partial charge in [-0.05, 0) is 48.5 Å². The van der Waals surface area contributed by atoms with Crippen molar-refractivity contribution in [1.29, 1.82) is 0 Å². The Kier molecular flexibility index (Phi) is 6.03. The molecule has 0 heterocycles. The Morgan fingerprint density at radius 3 is 1.26 bits per heavy atom. The number of ether oxygens (including phenoxy) is 1. The van der Waals surface area contributed by atoms with Crippen molar-refractivity contribution < 1.29 is 14.3 Å². The van der Waals surface area contributed by atoms with Crippen molar-refractivity contribution in [1.82, 2.24) is 0 Å². The molecular formula is C16H16O3. The van der Waals surface area contributed by atoms with E-state index in [0.29, 0.717) is 22.6 Å². The van der Waals surface area contributed by atoms with E-state index in [-0.39, 0.29) is 0 Å². The van der Waals surface area contributed by atoms with Crippen LogP contribution in [0.15, 0.2) is 48.5 Å². The monoisotopic (exact) mass is 256 g/mol. The van der Waals surface area contributed by atoms with Crippen LogP contribution in [0, 0.1) is 0 Å². The minimum absolute atomic E-state index is 0.605. The summed E-state index contributed by atoms with van der Waals surface area (Å²) in [7, 11) is 0. The maximum absolute atomic E-state index is 10.5. The second kappa shape index (κ2) is 7.82. The van der Waals surface area contributed by atoms with E-state index in [2.05, 4.69) is 0 Å². The first-order valence-electron chi connectivity index (χ1n) is 6.10. The molecule has 3 heteroatoms. The van der Waals surface area contributed by atoms with E-state index in [9.17, 15) is 9.59 Å². The predicted molar refractivity (Wildman–Crippen MR) is 75.1 cm³/mol. The minimum Gasteiger partial charge on any atom is -0.457 e. The van der Waals surface area contributed by atoms with Gasteiger partial charge in [0.15, 0.2) is 0 Å². The van der Waals surface area contributed by atoms with Crippen molar-refractivity contribution in [3.05, 3.63) is 59.7 Å². The number of aldehydes is 2. The third kappa shape index (κ3) is 4.39. The van der Waals surface area contributed by atoms with E-state index in [1.807, 2.05) is 13.8 Å². The van der Waals surface area contributed by atoms with E-state index in [1.165, 1.54) is 0 Å². The third-order valence-corrected chi connectivity index (χ3v) is 2.27. The summed E-state index contributed by atoms with van der Waals surface area (Å²) in [4.78, 5) is 20.9. The molecule has 2 rings (SSSR count). The smallest absolute Gasteiger partial charge is 0.150 e. The van der Waals surface area contributed by atoms with Crippen LogP contribution in [0.5, 0.6) is 11.5 Å². The average molecular weight is 256 g/mol. The summed E-state index contributed by atoms with van der Waals surface area (Å²) in [5, 5.41) is 0. The van der Waals surface area contributed by atoms with Crippen molar-refractivity contribution in [2.45, 2.75) is 13.8 Å². The zero-order valence-corrected chi connectivity index (χ0v) is 11.0. The average Bonchev–Trinajstić information content (AvgIpc) is 2.51. The second-order valence-electron chi connectivity index (χ2n) is 3.48. The fraction of sp³-hybridized carbons (Fsp3) is 0.125. The van der Waals surface area contributed by atoms with E-state index in [4.69, 9.17) is 4.74 Å². The highest BCUT2D eigenvalue weighted by atomic mass is 16.5. The Labute approximate surface area is 112 Å². The zero-order valence-electron chi connectivity index (χ0n) is 11.0. The standard InChI is InChI=1S/C14H10O3.C2H6/c15-9-11-1-5-13(6-2-11)17-14-7-3-12(10-16)4-8-14;1-2/h1-10H;1-2H3. The van der Waals surface area contributed by atoms with Crippen LogP contribution in [-0.4, -0.2) is 12.6 Å². The van der Waals surface area contributed by atoms with Gasteiger partial charge in [-0.3, -0.25) is 9.59 Å². The maximum atomic E-state index is 10.5. The molecule has 0 atom stereocenters. The quantitative estimate of drug-likeness (QED) is 0.772. The molecule has 0 unspecified atom stereocenters. The van der Waals surface area contributed by atoms with Crippen molar-refractivity contribution >= 4 is 12.6 Å². The molecule has 0 N–H and O–H groups in total. The SMILES string of the molecule is CC.O=Cc1ccc(Oc2ccc(C=O)cc2)cc1. The molecule has 0 spiro atoms. The number of benzene rings is 2. The third-order valence-electron chi connectivity index (χ3n) is 2.27. The van der Waals surface area contributed by atoms with Gasteiger partial charge in [0.25, 0.3) is 0 Å². The molecule has 0 fully saturated rings. The molecule has 0 bridgehead atoms. The summed E-state index contributed by atoms with van der Waals surface area (Å²) < 4.78 is 5.55. The highest BCUT2D eigenvalue weighted by Crippen LogP contribution is 2.21. The molecule has 0 saturated carbocycles. The molecule has 0 aliphatic rings. The lowest BCUT2D eigenvalue weighted by molar-refractivity contribution is 0.111. The van der Waals surface area contributed by atoms with Crippen molar-refractivity contribution in [3.63, 3.8) is 0 Å². The molecule has 0 aromatic heterocycles. The summed E-state index contributed by atoms with van der Waals surface area (Å²) in [6, 6.07) is 13.6. The Morgan fingerprint density at radius 2 is 1.00 bits per heavy atom. The van der Waals surface area contributed by atoms with Crippen LogP contribution in [0.1, 0.15) is 34.6 Å². The maximum Gasteiger partial charge on any atom is 0.150 e. The van der Waals surface area contributed by atoms with Crippen molar-refractivity contribution in [2.75, 3.05) is 0 Å². The molecular weight excluding hydrogens is 240 g/mol. The first-order valence-corrected chi connectivity index (χ1v) is 6.10. The van der Waals surface area contributed by atoms with Crippen LogP contribution < -0.4 is 4.74 Å². The predicted octanol–water partition coefficient (Wildman–Crippen LogP) is 4.13. The molecule has 2 aromatic carbocycles. The second-order valence-corrected chi connectivity index (χ2v) is 3.48. The van der Waals surface area contributed by atoms with Gasteiger partial charge in [-0.1, -0.05) is 13.8 Å². The van der Waals surface area contributed by atoms with E-state index >= 15 is 0 Å². The van der Waals surface area contributed by atoms with Crippen LogP contribution in [0.4, 0.5) is 0 Å². The van der Waals surface area contributed by atoms with E-state index < -0.39 is 0 Å². The first kappa shape index (κ1) is 14.6. The molecule has 0 aliphatic heterocycles. The zero-order chi connectivity index (χ0) is 14.1. The van der Waals surface area contributed by atoms with E-state index in [0.717, 1.165) is 12.6 Å². The fourth-order valence-corrected chi connectivity index (χ4v) is 1.36. The number of hydrogen-bond donors (Lipinski definition) is 0. The van der Waals surface area contributed by atoms with Gasteiger partial charge in [0.1, 0.15) is 24.1 Å². The molecule has 0 saturated heterocycles. The van der Waals surface area contributed by atoms with Gasteiger partial charge in [-0.25, -0.2) is 0 Å². The largest absolute Gasteiger partial charge is 0.457 e. The summed E-state index contributed by atoms with van der Waals surface area (Å²) in [6.45, 7) is 4.00.